The zero-order chi connectivity index (χ0) is 24.0. The summed E-state index contributed by atoms with van der Waals surface area (Å²) in [5.74, 6) is 1.25. The Kier molecular flexibility index (Phi) is 5.49. The van der Waals surface area contributed by atoms with Crippen LogP contribution in [0.3, 0.4) is 0 Å². The first-order chi connectivity index (χ1) is 17.0. The number of methoxy groups -OCH3 is 1. The fourth-order valence-electron chi connectivity index (χ4n) is 4.76. The summed E-state index contributed by atoms with van der Waals surface area (Å²) in [6.07, 6.45) is -0.857. The van der Waals surface area contributed by atoms with Crippen LogP contribution in [-0.4, -0.2) is 67.2 Å². The third-order valence-corrected chi connectivity index (χ3v) is 7.99. The van der Waals surface area contributed by atoms with Crippen molar-refractivity contribution in [2.75, 3.05) is 20.3 Å². The maximum Gasteiger partial charge on any atom is 0.241 e. The third kappa shape index (κ3) is 3.96. The van der Waals surface area contributed by atoms with Crippen molar-refractivity contribution >= 4 is 20.8 Å². The SMILES string of the molecule is COc1cccc(-c2nnnn2[C@H]2CO[C@H]3[C@@H]2OC[C@@H]3NS(=O)(=O)c2ccc3ccccc3c2)c1. The van der Waals surface area contributed by atoms with Crippen LogP contribution in [0.2, 0.25) is 0 Å². The molecule has 4 atom stereocenters. The molecule has 4 aromatic rings. The standard InChI is InChI=1S/C24H23N5O5S/c1-32-18-8-4-7-17(11-18)24-25-27-28-29(24)21-14-34-22-20(13-33-23(21)22)26-35(30,31)19-10-9-15-5-2-3-6-16(15)12-19/h2-12,20-23,26H,13-14H2,1H3/t20-,21-,22+,23+/m0/s1. The Balaban J connectivity index is 1.22. The molecule has 0 saturated carbocycles. The summed E-state index contributed by atoms with van der Waals surface area (Å²) < 4.78 is 48.1. The second-order valence-corrected chi connectivity index (χ2v) is 10.3. The van der Waals surface area contributed by atoms with E-state index >= 15 is 0 Å². The minimum atomic E-state index is -3.77. The molecule has 1 aromatic heterocycles. The van der Waals surface area contributed by atoms with Crippen LogP contribution in [0.4, 0.5) is 0 Å². The lowest BCUT2D eigenvalue weighted by Crippen LogP contribution is -2.44. The molecule has 2 fully saturated rings. The molecular formula is C24H23N5O5S. The van der Waals surface area contributed by atoms with Gasteiger partial charge in [0.2, 0.25) is 10.0 Å². The van der Waals surface area contributed by atoms with E-state index in [9.17, 15) is 8.42 Å². The number of tetrazole rings is 1. The van der Waals surface area contributed by atoms with Crippen molar-refractivity contribution < 1.29 is 22.6 Å². The summed E-state index contributed by atoms with van der Waals surface area (Å²) in [6, 6.07) is 19.4. The Labute approximate surface area is 201 Å². The van der Waals surface area contributed by atoms with E-state index in [4.69, 9.17) is 14.2 Å². The number of benzene rings is 3. The summed E-state index contributed by atoms with van der Waals surface area (Å²) in [5.41, 5.74) is 0.796. The van der Waals surface area contributed by atoms with Gasteiger partial charge in [-0.2, -0.15) is 0 Å². The van der Waals surface area contributed by atoms with Gasteiger partial charge >= 0.3 is 0 Å². The first kappa shape index (κ1) is 22.1. The molecule has 0 amide bonds. The average Bonchev–Trinajstić information content (AvgIpc) is 3.61. The number of nitrogens with one attached hydrogen (secondary N) is 1. The summed E-state index contributed by atoms with van der Waals surface area (Å²) >= 11 is 0. The molecule has 2 saturated heterocycles. The van der Waals surface area contributed by atoms with Gasteiger partial charge in [0.05, 0.1) is 31.3 Å². The van der Waals surface area contributed by atoms with Crippen molar-refractivity contribution in [1.82, 2.24) is 24.9 Å². The van der Waals surface area contributed by atoms with Gasteiger partial charge in [-0.15, -0.1) is 5.10 Å². The molecule has 35 heavy (non-hydrogen) atoms. The molecule has 3 heterocycles. The number of nitrogens with zero attached hydrogens (tertiary/aromatic N) is 4. The monoisotopic (exact) mass is 493 g/mol. The van der Waals surface area contributed by atoms with Crippen LogP contribution in [0.15, 0.2) is 71.6 Å². The molecule has 10 nitrogen and oxygen atoms in total. The third-order valence-electron chi connectivity index (χ3n) is 6.50. The van der Waals surface area contributed by atoms with E-state index in [2.05, 4.69) is 20.2 Å². The maximum atomic E-state index is 13.2. The summed E-state index contributed by atoms with van der Waals surface area (Å²) in [4.78, 5) is 0.204. The number of aromatic nitrogens is 4. The fourth-order valence-corrected chi connectivity index (χ4v) is 6.03. The second-order valence-electron chi connectivity index (χ2n) is 8.58. The quantitative estimate of drug-likeness (QED) is 0.434. The summed E-state index contributed by atoms with van der Waals surface area (Å²) in [5, 5.41) is 14.1. The van der Waals surface area contributed by atoms with Crippen LogP contribution in [0.5, 0.6) is 5.75 Å². The van der Waals surface area contributed by atoms with Gasteiger partial charge in [0.15, 0.2) is 5.82 Å². The largest absolute Gasteiger partial charge is 0.497 e. The topological polar surface area (TPSA) is 117 Å². The molecular weight excluding hydrogens is 470 g/mol. The van der Waals surface area contributed by atoms with E-state index in [0.29, 0.717) is 18.2 Å². The highest BCUT2D eigenvalue weighted by molar-refractivity contribution is 7.89. The molecule has 0 radical (unpaired) electrons. The van der Waals surface area contributed by atoms with E-state index in [1.54, 1.807) is 30.0 Å². The van der Waals surface area contributed by atoms with Gasteiger partial charge in [0.25, 0.3) is 0 Å². The zero-order valence-corrected chi connectivity index (χ0v) is 19.6. The number of sulfonamides is 1. The normalized spacial score (nSPS) is 24.0. The van der Waals surface area contributed by atoms with Crippen LogP contribution in [0.25, 0.3) is 22.2 Å². The molecule has 0 unspecified atom stereocenters. The molecule has 2 aliphatic heterocycles. The van der Waals surface area contributed by atoms with Crippen molar-refractivity contribution in [2.24, 2.45) is 0 Å². The Morgan fingerprint density at radius 2 is 1.80 bits per heavy atom. The van der Waals surface area contributed by atoms with Crippen LogP contribution in [0, 0.1) is 0 Å². The van der Waals surface area contributed by atoms with E-state index in [0.717, 1.165) is 16.3 Å². The van der Waals surface area contributed by atoms with Crippen LogP contribution >= 0.6 is 0 Å². The Morgan fingerprint density at radius 1 is 0.971 bits per heavy atom. The molecule has 180 valence electrons. The second kappa shape index (κ2) is 8.68. The average molecular weight is 494 g/mol. The Morgan fingerprint density at radius 3 is 2.66 bits per heavy atom. The van der Waals surface area contributed by atoms with Crippen LogP contribution in [0.1, 0.15) is 6.04 Å². The first-order valence-electron chi connectivity index (χ1n) is 11.2. The summed E-state index contributed by atoms with van der Waals surface area (Å²) in [6.45, 7) is 0.487. The predicted octanol–water partition coefficient (Wildman–Crippen LogP) is 2.19. The lowest BCUT2D eigenvalue weighted by atomic mass is 10.1. The smallest absolute Gasteiger partial charge is 0.241 e. The molecule has 0 spiro atoms. The Hall–Kier alpha value is -3.38. The highest BCUT2D eigenvalue weighted by Gasteiger charge is 2.50. The molecule has 0 aliphatic carbocycles. The number of hydrogen-bond donors (Lipinski definition) is 1. The number of hydrogen-bond acceptors (Lipinski definition) is 8. The Bertz CT molecular complexity index is 1490. The fraction of sp³-hybridized carbons (Fsp3) is 0.292. The van der Waals surface area contributed by atoms with Crippen molar-refractivity contribution in [3.8, 4) is 17.1 Å². The van der Waals surface area contributed by atoms with Crippen molar-refractivity contribution in [1.29, 1.82) is 0 Å². The van der Waals surface area contributed by atoms with Crippen molar-refractivity contribution in [3.63, 3.8) is 0 Å². The van der Waals surface area contributed by atoms with Gasteiger partial charge in [0, 0.05) is 5.56 Å². The van der Waals surface area contributed by atoms with Gasteiger partial charge in [-0.1, -0.05) is 42.5 Å². The first-order valence-corrected chi connectivity index (χ1v) is 12.7. The van der Waals surface area contributed by atoms with E-state index in [1.165, 1.54) is 0 Å². The molecule has 11 heteroatoms. The summed E-state index contributed by atoms with van der Waals surface area (Å²) in [7, 11) is -2.17. The molecule has 2 aliphatic rings. The van der Waals surface area contributed by atoms with Crippen LogP contribution in [-0.2, 0) is 19.5 Å². The molecule has 6 rings (SSSR count). The zero-order valence-electron chi connectivity index (χ0n) is 18.8. The highest BCUT2D eigenvalue weighted by atomic mass is 32.2. The van der Waals surface area contributed by atoms with E-state index in [-0.39, 0.29) is 17.5 Å². The maximum absolute atomic E-state index is 13.2. The number of fused-ring (bicyclic) bond motifs is 2. The minimum Gasteiger partial charge on any atom is -0.497 e. The van der Waals surface area contributed by atoms with Gasteiger partial charge in [-0.3, -0.25) is 0 Å². The lowest BCUT2D eigenvalue weighted by Gasteiger charge is -2.18. The van der Waals surface area contributed by atoms with Gasteiger partial charge in [0.1, 0.15) is 24.0 Å². The highest BCUT2D eigenvalue weighted by Crippen LogP contribution is 2.36. The minimum absolute atomic E-state index is 0.190. The number of rotatable bonds is 6. The van der Waals surface area contributed by atoms with E-state index in [1.807, 2.05) is 48.5 Å². The van der Waals surface area contributed by atoms with Crippen molar-refractivity contribution in [3.05, 3.63) is 66.7 Å². The van der Waals surface area contributed by atoms with Gasteiger partial charge in [-0.25, -0.2) is 17.8 Å². The van der Waals surface area contributed by atoms with Crippen LogP contribution < -0.4 is 9.46 Å². The number of ether oxygens (including phenoxy) is 3. The van der Waals surface area contributed by atoms with Gasteiger partial charge in [-0.05, 0) is 45.5 Å². The molecule has 3 aromatic carbocycles. The molecule has 0 bridgehead atoms. The van der Waals surface area contributed by atoms with E-state index < -0.39 is 28.3 Å². The van der Waals surface area contributed by atoms with Gasteiger partial charge < -0.3 is 14.2 Å². The lowest BCUT2D eigenvalue weighted by molar-refractivity contribution is 0.0626. The van der Waals surface area contributed by atoms with Crippen molar-refractivity contribution in [2.45, 2.75) is 29.2 Å². The predicted molar refractivity (Wildman–Crippen MR) is 126 cm³/mol. The molecule has 1 N–H and O–H groups in total.